The van der Waals surface area contributed by atoms with E-state index in [1.807, 2.05) is 32.0 Å². The first kappa shape index (κ1) is 18.0. The number of rotatable bonds is 6. The molecule has 1 fully saturated rings. The van der Waals surface area contributed by atoms with Gasteiger partial charge in [0.05, 0.1) is 5.92 Å². The number of nitrogens with one attached hydrogen (secondary N) is 1. The SMILES string of the molecule is Cc1ccc(OCc2ccc(C(=O)N[C@@H]3CCC[C@@H]3C(=O)O)o2)c(C)c1. The average Bonchev–Trinajstić information content (AvgIpc) is 3.23. The molecule has 2 aromatic rings. The number of carboxylic acid groups (broad SMARTS) is 1. The number of amides is 1. The predicted molar refractivity (Wildman–Crippen MR) is 95.2 cm³/mol. The molecule has 0 spiro atoms. The van der Waals surface area contributed by atoms with Crippen LogP contribution in [0.3, 0.4) is 0 Å². The summed E-state index contributed by atoms with van der Waals surface area (Å²) in [6.45, 7) is 4.22. The highest BCUT2D eigenvalue weighted by atomic mass is 16.5. The first-order valence-corrected chi connectivity index (χ1v) is 8.76. The molecule has 0 radical (unpaired) electrons. The Morgan fingerprint density at radius 1 is 1.23 bits per heavy atom. The van der Waals surface area contributed by atoms with Crippen molar-refractivity contribution in [1.29, 1.82) is 0 Å². The molecule has 0 saturated heterocycles. The van der Waals surface area contributed by atoms with Crippen molar-refractivity contribution in [1.82, 2.24) is 5.32 Å². The number of carboxylic acids is 1. The van der Waals surface area contributed by atoms with Gasteiger partial charge in [0.15, 0.2) is 5.76 Å². The van der Waals surface area contributed by atoms with Crippen LogP contribution in [0.2, 0.25) is 0 Å². The number of hydrogen-bond acceptors (Lipinski definition) is 4. The summed E-state index contributed by atoms with van der Waals surface area (Å²) in [6.07, 6.45) is 2.06. The topological polar surface area (TPSA) is 88.8 Å². The van der Waals surface area contributed by atoms with E-state index < -0.39 is 11.9 Å². The first-order valence-electron chi connectivity index (χ1n) is 8.76. The lowest BCUT2D eigenvalue weighted by Crippen LogP contribution is -2.40. The van der Waals surface area contributed by atoms with Gasteiger partial charge in [0.2, 0.25) is 0 Å². The Kier molecular flexibility index (Phi) is 5.30. The summed E-state index contributed by atoms with van der Waals surface area (Å²) < 4.78 is 11.3. The molecule has 1 aliphatic carbocycles. The van der Waals surface area contributed by atoms with Crippen molar-refractivity contribution in [2.75, 3.05) is 0 Å². The number of hydrogen-bond donors (Lipinski definition) is 2. The molecule has 1 aromatic carbocycles. The second kappa shape index (κ2) is 7.64. The van der Waals surface area contributed by atoms with Gasteiger partial charge in [-0.05, 0) is 50.5 Å². The number of benzene rings is 1. The predicted octanol–water partition coefficient (Wildman–Crippen LogP) is 3.46. The molecule has 6 heteroatoms. The maximum atomic E-state index is 12.3. The monoisotopic (exact) mass is 357 g/mol. The molecule has 0 aliphatic heterocycles. The van der Waals surface area contributed by atoms with Crippen LogP contribution in [0.1, 0.15) is 46.7 Å². The van der Waals surface area contributed by atoms with Crippen LogP contribution in [0.4, 0.5) is 0 Å². The second-order valence-electron chi connectivity index (χ2n) is 6.78. The maximum Gasteiger partial charge on any atom is 0.308 e. The van der Waals surface area contributed by atoms with Gasteiger partial charge in [0.1, 0.15) is 18.1 Å². The quantitative estimate of drug-likeness (QED) is 0.826. The van der Waals surface area contributed by atoms with Crippen LogP contribution in [0, 0.1) is 19.8 Å². The highest BCUT2D eigenvalue weighted by Gasteiger charge is 2.34. The lowest BCUT2D eigenvalue weighted by Gasteiger charge is -2.16. The van der Waals surface area contributed by atoms with Crippen LogP contribution in [0.5, 0.6) is 5.75 Å². The van der Waals surface area contributed by atoms with E-state index in [2.05, 4.69) is 5.32 Å². The Hall–Kier alpha value is -2.76. The van der Waals surface area contributed by atoms with E-state index in [-0.39, 0.29) is 24.3 Å². The van der Waals surface area contributed by atoms with Gasteiger partial charge in [-0.2, -0.15) is 0 Å². The standard InChI is InChI=1S/C20H23NO5/c1-12-6-8-17(13(2)10-12)25-11-14-7-9-18(26-14)19(22)21-16-5-3-4-15(16)20(23)24/h6-10,15-16H,3-5,11H2,1-2H3,(H,21,22)(H,23,24)/t15-,16+/m0/s1. The minimum atomic E-state index is -0.866. The van der Waals surface area contributed by atoms with Gasteiger partial charge < -0.3 is 19.6 Å². The van der Waals surface area contributed by atoms with Crippen LogP contribution < -0.4 is 10.1 Å². The molecule has 1 amide bonds. The van der Waals surface area contributed by atoms with Crippen molar-refractivity contribution in [2.45, 2.75) is 45.8 Å². The number of aryl methyl sites for hydroxylation is 2. The third-order valence-electron chi connectivity index (χ3n) is 4.74. The maximum absolute atomic E-state index is 12.3. The van der Waals surface area contributed by atoms with Crippen molar-refractivity contribution < 1.29 is 23.8 Å². The molecule has 6 nitrogen and oxygen atoms in total. The molecule has 1 heterocycles. The zero-order valence-electron chi connectivity index (χ0n) is 15.0. The summed E-state index contributed by atoms with van der Waals surface area (Å²) in [5.74, 6) is -0.304. The smallest absolute Gasteiger partial charge is 0.308 e. The van der Waals surface area contributed by atoms with Crippen LogP contribution in [-0.4, -0.2) is 23.0 Å². The minimum Gasteiger partial charge on any atom is -0.485 e. The van der Waals surface area contributed by atoms with Gasteiger partial charge in [0.25, 0.3) is 5.91 Å². The van der Waals surface area contributed by atoms with Gasteiger partial charge in [-0.1, -0.05) is 24.1 Å². The lowest BCUT2D eigenvalue weighted by atomic mass is 10.0. The molecule has 0 bridgehead atoms. The Morgan fingerprint density at radius 2 is 2.04 bits per heavy atom. The molecule has 2 N–H and O–H groups in total. The molecule has 3 rings (SSSR count). The Bertz CT molecular complexity index is 810. The normalized spacial score (nSPS) is 19.3. The fourth-order valence-corrected chi connectivity index (χ4v) is 3.36. The first-order chi connectivity index (χ1) is 12.4. The Labute approximate surface area is 152 Å². The Balaban J connectivity index is 1.58. The number of carbonyl (C=O) groups is 2. The molecule has 0 unspecified atom stereocenters. The van der Waals surface area contributed by atoms with Gasteiger partial charge in [0, 0.05) is 6.04 Å². The minimum absolute atomic E-state index is 0.167. The van der Waals surface area contributed by atoms with Crippen molar-refractivity contribution in [3.8, 4) is 5.75 Å². The second-order valence-corrected chi connectivity index (χ2v) is 6.78. The van der Waals surface area contributed by atoms with Gasteiger partial charge in [-0.25, -0.2) is 0 Å². The van der Waals surface area contributed by atoms with E-state index >= 15 is 0 Å². The fourth-order valence-electron chi connectivity index (χ4n) is 3.36. The third kappa shape index (κ3) is 4.07. The van der Waals surface area contributed by atoms with Gasteiger partial charge >= 0.3 is 5.97 Å². The zero-order valence-corrected chi connectivity index (χ0v) is 15.0. The summed E-state index contributed by atoms with van der Waals surface area (Å²) in [5, 5.41) is 12.0. The van der Waals surface area contributed by atoms with Crippen LogP contribution >= 0.6 is 0 Å². The van der Waals surface area contributed by atoms with Crippen molar-refractivity contribution in [3.05, 3.63) is 53.0 Å². The highest BCUT2D eigenvalue weighted by Crippen LogP contribution is 2.26. The van der Waals surface area contributed by atoms with Crippen molar-refractivity contribution >= 4 is 11.9 Å². The van der Waals surface area contributed by atoms with Gasteiger partial charge in [-0.3, -0.25) is 9.59 Å². The lowest BCUT2D eigenvalue weighted by molar-refractivity contribution is -0.142. The number of carbonyl (C=O) groups excluding carboxylic acids is 1. The van der Waals surface area contributed by atoms with E-state index in [4.69, 9.17) is 9.15 Å². The number of furan rings is 1. The summed E-state index contributed by atoms with van der Waals surface area (Å²) in [7, 11) is 0. The van der Waals surface area contributed by atoms with Crippen LogP contribution in [0.25, 0.3) is 0 Å². The highest BCUT2D eigenvalue weighted by molar-refractivity contribution is 5.92. The molecule has 1 aromatic heterocycles. The van der Waals surface area contributed by atoms with Crippen LogP contribution in [0.15, 0.2) is 34.7 Å². The van der Waals surface area contributed by atoms with E-state index in [9.17, 15) is 14.7 Å². The number of aliphatic carboxylic acids is 1. The largest absolute Gasteiger partial charge is 0.485 e. The summed E-state index contributed by atoms with van der Waals surface area (Å²) in [6, 6.07) is 8.86. The third-order valence-corrected chi connectivity index (χ3v) is 4.74. The zero-order chi connectivity index (χ0) is 18.7. The summed E-state index contributed by atoms with van der Waals surface area (Å²) in [5.41, 5.74) is 2.20. The summed E-state index contributed by atoms with van der Waals surface area (Å²) >= 11 is 0. The van der Waals surface area contributed by atoms with Crippen LogP contribution in [-0.2, 0) is 11.4 Å². The molecular formula is C20H23NO5. The van der Waals surface area contributed by atoms with E-state index in [1.54, 1.807) is 12.1 Å². The Morgan fingerprint density at radius 3 is 2.77 bits per heavy atom. The molecule has 2 atom stereocenters. The number of ether oxygens (including phenoxy) is 1. The van der Waals surface area contributed by atoms with Crippen molar-refractivity contribution in [3.63, 3.8) is 0 Å². The van der Waals surface area contributed by atoms with Crippen molar-refractivity contribution in [2.24, 2.45) is 5.92 Å². The molecule has 1 aliphatic rings. The summed E-state index contributed by atoms with van der Waals surface area (Å²) in [4.78, 5) is 23.5. The molecule has 26 heavy (non-hydrogen) atoms. The molecule has 1 saturated carbocycles. The average molecular weight is 357 g/mol. The van der Waals surface area contributed by atoms with E-state index in [0.717, 1.165) is 17.7 Å². The van der Waals surface area contributed by atoms with E-state index in [0.29, 0.717) is 18.6 Å². The molecule has 138 valence electrons. The van der Waals surface area contributed by atoms with Gasteiger partial charge in [-0.15, -0.1) is 0 Å². The molecular weight excluding hydrogens is 334 g/mol. The van der Waals surface area contributed by atoms with E-state index in [1.165, 1.54) is 5.56 Å². The fraction of sp³-hybridized carbons (Fsp3) is 0.400.